The largest absolute Gasteiger partial charge is 0.324 e. The molecular weight excluding hydrogens is 338 g/mol. The molecule has 0 spiro atoms. The molecule has 3 rings (SSSR count). The topological polar surface area (TPSA) is 54.5 Å². The van der Waals surface area contributed by atoms with E-state index in [0.717, 1.165) is 0 Å². The average molecular weight is 354 g/mol. The minimum atomic E-state index is -1.07. The van der Waals surface area contributed by atoms with Gasteiger partial charge in [-0.3, -0.25) is 14.4 Å². The predicted molar refractivity (Wildman–Crippen MR) is 95.4 cm³/mol. The van der Waals surface area contributed by atoms with Crippen LogP contribution in [0.3, 0.4) is 0 Å². The lowest BCUT2D eigenvalue weighted by molar-refractivity contribution is -0.140. The Morgan fingerprint density at radius 1 is 1.08 bits per heavy atom. The number of carbonyl (C=O) groups excluding carboxylic acids is 3. The van der Waals surface area contributed by atoms with Gasteiger partial charge in [0.2, 0.25) is 5.78 Å². The molecule has 2 unspecified atom stereocenters. The fraction of sp³-hybridized carbons (Fsp3) is 0.150. The monoisotopic (exact) mass is 353 g/mol. The minimum absolute atomic E-state index is 0.191. The number of ketones is 2. The highest BCUT2D eigenvalue weighted by Gasteiger charge is 2.51. The molecule has 0 aromatic heterocycles. The van der Waals surface area contributed by atoms with Gasteiger partial charge in [0.1, 0.15) is 5.92 Å². The van der Waals surface area contributed by atoms with E-state index in [-0.39, 0.29) is 12.3 Å². The van der Waals surface area contributed by atoms with Crippen LogP contribution in [0.2, 0.25) is 5.02 Å². The van der Waals surface area contributed by atoms with E-state index in [9.17, 15) is 14.4 Å². The highest BCUT2D eigenvalue weighted by atomic mass is 35.5. The molecule has 1 saturated heterocycles. The summed E-state index contributed by atoms with van der Waals surface area (Å²) in [6, 6.07) is 14.7. The Morgan fingerprint density at radius 2 is 1.72 bits per heavy atom. The van der Waals surface area contributed by atoms with Gasteiger partial charge in [-0.15, -0.1) is 6.58 Å². The first kappa shape index (κ1) is 17.1. The standard InChI is InChI=1S/C20H16ClNO3/c1-2-12-22-17(13-8-10-15(21)11-9-13)16(19(24)20(22)25)18(23)14-6-4-3-5-7-14/h2-11,16-17H,1,12H2. The van der Waals surface area contributed by atoms with Gasteiger partial charge in [-0.1, -0.05) is 60.1 Å². The first-order valence-corrected chi connectivity index (χ1v) is 8.23. The van der Waals surface area contributed by atoms with Crippen molar-refractivity contribution in [3.05, 3.63) is 83.4 Å². The zero-order chi connectivity index (χ0) is 18.0. The maximum Gasteiger partial charge on any atom is 0.291 e. The van der Waals surface area contributed by atoms with Crippen LogP contribution < -0.4 is 0 Å². The Hall–Kier alpha value is -2.72. The van der Waals surface area contributed by atoms with Gasteiger partial charge in [0, 0.05) is 17.1 Å². The highest BCUT2D eigenvalue weighted by Crippen LogP contribution is 2.38. The van der Waals surface area contributed by atoms with Crippen molar-refractivity contribution in [2.75, 3.05) is 6.54 Å². The van der Waals surface area contributed by atoms with E-state index in [1.54, 1.807) is 60.7 Å². The Balaban J connectivity index is 2.08. The Morgan fingerprint density at radius 3 is 2.32 bits per heavy atom. The third-order valence-electron chi connectivity index (χ3n) is 4.28. The maximum atomic E-state index is 13.0. The number of Topliss-reactive ketones (excluding diaryl/α,β-unsaturated/α-hetero) is 2. The molecule has 4 nitrogen and oxygen atoms in total. The molecule has 2 aromatic rings. The van der Waals surface area contributed by atoms with Crippen molar-refractivity contribution < 1.29 is 14.4 Å². The summed E-state index contributed by atoms with van der Waals surface area (Å²) < 4.78 is 0. The molecule has 0 N–H and O–H groups in total. The second kappa shape index (κ2) is 7.03. The number of likely N-dealkylation sites (tertiary alicyclic amines) is 1. The van der Waals surface area contributed by atoms with Crippen LogP contribution in [-0.2, 0) is 9.59 Å². The fourth-order valence-corrected chi connectivity index (χ4v) is 3.26. The molecule has 1 fully saturated rings. The molecule has 0 saturated carbocycles. The Labute approximate surface area is 150 Å². The van der Waals surface area contributed by atoms with Crippen molar-refractivity contribution in [1.82, 2.24) is 4.90 Å². The van der Waals surface area contributed by atoms with Crippen LogP contribution in [0.5, 0.6) is 0 Å². The number of nitrogens with zero attached hydrogens (tertiary/aromatic N) is 1. The predicted octanol–water partition coefficient (Wildman–Crippen LogP) is 3.48. The van der Waals surface area contributed by atoms with E-state index >= 15 is 0 Å². The van der Waals surface area contributed by atoms with Gasteiger partial charge in [0.25, 0.3) is 5.91 Å². The molecule has 1 amide bonds. The first-order valence-electron chi connectivity index (χ1n) is 7.85. The summed E-state index contributed by atoms with van der Waals surface area (Å²) in [5, 5.41) is 0.542. The van der Waals surface area contributed by atoms with Gasteiger partial charge < -0.3 is 4.90 Å². The average Bonchev–Trinajstić information content (AvgIpc) is 2.88. The lowest BCUT2D eigenvalue weighted by atomic mass is 9.86. The zero-order valence-corrected chi connectivity index (χ0v) is 14.1. The highest BCUT2D eigenvalue weighted by molar-refractivity contribution is 6.44. The summed E-state index contributed by atoms with van der Waals surface area (Å²) in [7, 11) is 0. The van der Waals surface area contributed by atoms with Gasteiger partial charge in [-0.2, -0.15) is 0 Å². The van der Waals surface area contributed by atoms with Crippen LogP contribution in [0, 0.1) is 5.92 Å². The van der Waals surface area contributed by atoms with Crippen molar-refractivity contribution in [1.29, 1.82) is 0 Å². The summed E-state index contributed by atoms with van der Waals surface area (Å²) in [5.74, 6) is -2.77. The lowest BCUT2D eigenvalue weighted by Crippen LogP contribution is -2.30. The summed E-state index contributed by atoms with van der Waals surface area (Å²) in [5.41, 5.74) is 1.10. The number of amides is 1. The summed E-state index contributed by atoms with van der Waals surface area (Å²) >= 11 is 5.94. The quantitative estimate of drug-likeness (QED) is 0.358. The molecule has 2 atom stereocenters. The maximum absolute atomic E-state index is 13.0. The van der Waals surface area contributed by atoms with E-state index in [4.69, 9.17) is 11.6 Å². The molecule has 0 aliphatic carbocycles. The number of halogens is 1. The SMILES string of the molecule is C=CCN1C(=O)C(=O)C(C(=O)c2ccccc2)C1c1ccc(Cl)cc1. The van der Waals surface area contributed by atoms with Crippen LogP contribution in [-0.4, -0.2) is 28.9 Å². The molecule has 1 aliphatic heterocycles. The number of hydrogen-bond donors (Lipinski definition) is 0. The Bertz CT molecular complexity index is 830. The van der Waals surface area contributed by atoms with E-state index in [2.05, 4.69) is 6.58 Å². The second-order valence-corrected chi connectivity index (χ2v) is 6.25. The van der Waals surface area contributed by atoms with Gasteiger partial charge in [0.05, 0.1) is 6.04 Å². The van der Waals surface area contributed by atoms with E-state index in [1.165, 1.54) is 4.90 Å². The van der Waals surface area contributed by atoms with Gasteiger partial charge in [-0.05, 0) is 17.7 Å². The smallest absolute Gasteiger partial charge is 0.291 e. The molecule has 0 bridgehead atoms. The van der Waals surface area contributed by atoms with Crippen LogP contribution in [0.15, 0.2) is 67.3 Å². The molecule has 5 heteroatoms. The molecular formula is C20H16ClNO3. The number of hydrogen-bond acceptors (Lipinski definition) is 3. The van der Waals surface area contributed by atoms with Crippen LogP contribution in [0.1, 0.15) is 22.0 Å². The van der Waals surface area contributed by atoms with Crippen molar-refractivity contribution in [3.8, 4) is 0 Å². The molecule has 1 aliphatic rings. The summed E-state index contributed by atoms with van der Waals surface area (Å²) in [4.78, 5) is 39.4. The minimum Gasteiger partial charge on any atom is -0.324 e. The third kappa shape index (κ3) is 3.13. The van der Waals surface area contributed by atoms with Crippen molar-refractivity contribution in [2.24, 2.45) is 5.92 Å². The molecule has 126 valence electrons. The summed E-state index contributed by atoms with van der Waals surface area (Å²) in [6.45, 7) is 3.83. The van der Waals surface area contributed by atoms with Gasteiger partial charge in [-0.25, -0.2) is 0 Å². The number of rotatable bonds is 5. The van der Waals surface area contributed by atoms with E-state index in [1.807, 2.05) is 0 Å². The molecule has 1 heterocycles. The second-order valence-electron chi connectivity index (χ2n) is 5.81. The zero-order valence-electron chi connectivity index (χ0n) is 13.4. The first-order chi connectivity index (χ1) is 12.0. The molecule has 2 aromatic carbocycles. The number of benzene rings is 2. The normalized spacial score (nSPS) is 20.0. The van der Waals surface area contributed by atoms with Crippen LogP contribution in [0.25, 0.3) is 0 Å². The Kier molecular flexibility index (Phi) is 4.81. The van der Waals surface area contributed by atoms with Crippen LogP contribution in [0.4, 0.5) is 0 Å². The molecule has 0 radical (unpaired) electrons. The molecule has 25 heavy (non-hydrogen) atoms. The van der Waals surface area contributed by atoms with Gasteiger partial charge in [0.15, 0.2) is 5.78 Å². The fourth-order valence-electron chi connectivity index (χ4n) is 3.14. The van der Waals surface area contributed by atoms with E-state index < -0.39 is 23.7 Å². The summed E-state index contributed by atoms with van der Waals surface area (Å²) in [6.07, 6.45) is 1.55. The van der Waals surface area contributed by atoms with E-state index in [0.29, 0.717) is 16.1 Å². The number of carbonyl (C=O) groups is 3. The lowest BCUT2D eigenvalue weighted by Gasteiger charge is -2.26. The van der Waals surface area contributed by atoms with Crippen LogP contribution >= 0.6 is 11.6 Å². The third-order valence-corrected chi connectivity index (χ3v) is 4.54. The van der Waals surface area contributed by atoms with Crippen molar-refractivity contribution in [3.63, 3.8) is 0 Å². The van der Waals surface area contributed by atoms with Crippen molar-refractivity contribution in [2.45, 2.75) is 6.04 Å². The van der Waals surface area contributed by atoms with Crippen molar-refractivity contribution >= 4 is 29.1 Å². The van der Waals surface area contributed by atoms with Gasteiger partial charge >= 0.3 is 0 Å².